The van der Waals surface area contributed by atoms with Crippen LogP contribution in [0.25, 0.3) is 0 Å². The third-order valence-corrected chi connectivity index (χ3v) is 4.09. The standard InChI is InChI=1S/C13H26N2/c1-13(2,3)12-10-15(9-8-14-12)11-6-4-5-7-11/h11-12,14H,4-10H2,1-3H3. The summed E-state index contributed by atoms with van der Waals surface area (Å²) >= 11 is 0. The van der Waals surface area contributed by atoms with Gasteiger partial charge in [-0.2, -0.15) is 0 Å². The van der Waals surface area contributed by atoms with Crippen LogP contribution in [0.3, 0.4) is 0 Å². The van der Waals surface area contributed by atoms with Gasteiger partial charge in [-0.1, -0.05) is 33.6 Å². The number of hydrogen-bond acceptors (Lipinski definition) is 2. The summed E-state index contributed by atoms with van der Waals surface area (Å²) in [6.07, 6.45) is 5.79. The smallest absolute Gasteiger partial charge is 0.0244 e. The summed E-state index contributed by atoms with van der Waals surface area (Å²) in [4.78, 5) is 2.74. The number of nitrogens with zero attached hydrogens (tertiary/aromatic N) is 1. The van der Waals surface area contributed by atoms with E-state index in [-0.39, 0.29) is 0 Å². The van der Waals surface area contributed by atoms with Gasteiger partial charge in [-0.15, -0.1) is 0 Å². The lowest BCUT2D eigenvalue weighted by Crippen LogP contribution is -2.57. The van der Waals surface area contributed by atoms with Crippen LogP contribution in [-0.2, 0) is 0 Å². The van der Waals surface area contributed by atoms with Crippen LogP contribution in [-0.4, -0.2) is 36.6 Å². The molecule has 1 N–H and O–H groups in total. The Hall–Kier alpha value is -0.0800. The van der Waals surface area contributed by atoms with Crippen LogP contribution < -0.4 is 5.32 Å². The van der Waals surface area contributed by atoms with Gasteiger partial charge in [0.15, 0.2) is 0 Å². The monoisotopic (exact) mass is 210 g/mol. The van der Waals surface area contributed by atoms with E-state index in [1.54, 1.807) is 0 Å². The van der Waals surface area contributed by atoms with Crippen LogP contribution in [0, 0.1) is 5.41 Å². The maximum atomic E-state index is 3.67. The highest BCUT2D eigenvalue weighted by atomic mass is 15.2. The second kappa shape index (κ2) is 4.42. The molecule has 2 rings (SSSR count). The number of piperazine rings is 1. The first-order valence-corrected chi connectivity index (χ1v) is 6.55. The molecule has 15 heavy (non-hydrogen) atoms. The van der Waals surface area contributed by atoms with Gasteiger partial charge in [-0.05, 0) is 18.3 Å². The maximum absolute atomic E-state index is 3.67. The summed E-state index contributed by atoms with van der Waals surface area (Å²) in [6.45, 7) is 10.7. The minimum Gasteiger partial charge on any atom is -0.311 e. The predicted octanol–water partition coefficient (Wildman–Crippen LogP) is 2.25. The summed E-state index contributed by atoms with van der Waals surface area (Å²) in [5, 5.41) is 3.67. The third kappa shape index (κ3) is 2.73. The molecule has 1 aliphatic heterocycles. The van der Waals surface area contributed by atoms with Crippen molar-refractivity contribution in [3.05, 3.63) is 0 Å². The van der Waals surface area contributed by atoms with Gasteiger partial charge in [-0.25, -0.2) is 0 Å². The molecule has 2 nitrogen and oxygen atoms in total. The van der Waals surface area contributed by atoms with E-state index in [0.29, 0.717) is 11.5 Å². The molecule has 1 unspecified atom stereocenters. The molecule has 1 saturated heterocycles. The van der Waals surface area contributed by atoms with Crippen LogP contribution in [0.15, 0.2) is 0 Å². The lowest BCUT2D eigenvalue weighted by atomic mass is 9.85. The average molecular weight is 210 g/mol. The fourth-order valence-electron chi connectivity index (χ4n) is 2.95. The van der Waals surface area contributed by atoms with Crippen LogP contribution in [0.2, 0.25) is 0 Å². The van der Waals surface area contributed by atoms with Gasteiger partial charge in [0.05, 0.1) is 0 Å². The van der Waals surface area contributed by atoms with Gasteiger partial charge in [0.1, 0.15) is 0 Å². The van der Waals surface area contributed by atoms with Crippen molar-refractivity contribution in [3.8, 4) is 0 Å². The normalized spacial score (nSPS) is 31.0. The van der Waals surface area contributed by atoms with Crippen LogP contribution in [0.5, 0.6) is 0 Å². The number of rotatable bonds is 1. The topological polar surface area (TPSA) is 15.3 Å². The Balaban J connectivity index is 1.92. The largest absolute Gasteiger partial charge is 0.311 e. The Kier molecular flexibility index (Phi) is 3.36. The van der Waals surface area contributed by atoms with Gasteiger partial charge in [0, 0.05) is 31.7 Å². The number of hydrogen-bond donors (Lipinski definition) is 1. The van der Waals surface area contributed by atoms with Crippen molar-refractivity contribution in [1.29, 1.82) is 0 Å². The van der Waals surface area contributed by atoms with Crippen molar-refractivity contribution in [2.75, 3.05) is 19.6 Å². The minimum absolute atomic E-state index is 0.400. The Morgan fingerprint density at radius 1 is 1.13 bits per heavy atom. The zero-order chi connectivity index (χ0) is 10.9. The van der Waals surface area contributed by atoms with E-state index in [0.717, 1.165) is 6.04 Å². The lowest BCUT2D eigenvalue weighted by Gasteiger charge is -2.42. The van der Waals surface area contributed by atoms with Gasteiger partial charge in [-0.3, -0.25) is 4.90 Å². The van der Waals surface area contributed by atoms with E-state index >= 15 is 0 Å². The maximum Gasteiger partial charge on any atom is 0.0244 e. The van der Waals surface area contributed by atoms with E-state index in [4.69, 9.17) is 0 Å². The highest BCUT2D eigenvalue weighted by Gasteiger charge is 2.32. The third-order valence-electron chi connectivity index (χ3n) is 4.09. The van der Waals surface area contributed by atoms with Gasteiger partial charge >= 0.3 is 0 Å². The van der Waals surface area contributed by atoms with E-state index in [1.165, 1.54) is 45.3 Å². The molecule has 1 saturated carbocycles. The molecule has 88 valence electrons. The molecular formula is C13H26N2. The van der Waals surface area contributed by atoms with Crippen molar-refractivity contribution in [2.24, 2.45) is 5.41 Å². The van der Waals surface area contributed by atoms with Crippen molar-refractivity contribution in [1.82, 2.24) is 10.2 Å². The van der Waals surface area contributed by atoms with Crippen molar-refractivity contribution in [2.45, 2.75) is 58.5 Å². The summed E-state index contributed by atoms with van der Waals surface area (Å²) in [6, 6.07) is 1.57. The molecule has 1 aliphatic carbocycles. The summed E-state index contributed by atoms with van der Waals surface area (Å²) in [5.41, 5.74) is 0.400. The van der Waals surface area contributed by atoms with E-state index in [1.807, 2.05) is 0 Å². The Morgan fingerprint density at radius 2 is 1.80 bits per heavy atom. The highest BCUT2D eigenvalue weighted by molar-refractivity contribution is 4.90. The quantitative estimate of drug-likeness (QED) is 0.714. The minimum atomic E-state index is 0.400. The van der Waals surface area contributed by atoms with Crippen LogP contribution >= 0.6 is 0 Å². The second-order valence-corrected chi connectivity index (χ2v) is 6.31. The summed E-state index contributed by atoms with van der Waals surface area (Å²) in [5.74, 6) is 0. The highest BCUT2D eigenvalue weighted by Crippen LogP contribution is 2.27. The van der Waals surface area contributed by atoms with Gasteiger partial charge in [0.25, 0.3) is 0 Å². The van der Waals surface area contributed by atoms with Crippen molar-refractivity contribution < 1.29 is 0 Å². The molecular weight excluding hydrogens is 184 g/mol. The average Bonchev–Trinajstić information content (AvgIpc) is 2.69. The first-order chi connectivity index (χ1) is 7.07. The van der Waals surface area contributed by atoms with Gasteiger partial charge in [0.2, 0.25) is 0 Å². The molecule has 0 spiro atoms. The van der Waals surface area contributed by atoms with Crippen molar-refractivity contribution >= 4 is 0 Å². The van der Waals surface area contributed by atoms with Crippen LogP contribution in [0.4, 0.5) is 0 Å². The Morgan fingerprint density at radius 3 is 2.40 bits per heavy atom. The van der Waals surface area contributed by atoms with E-state index < -0.39 is 0 Å². The first kappa shape index (κ1) is 11.4. The molecule has 0 aromatic rings. The molecule has 2 heteroatoms. The Labute approximate surface area is 94.4 Å². The molecule has 1 heterocycles. The lowest BCUT2D eigenvalue weighted by molar-refractivity contribution is 0.0996. The zero-order valence-electron chi connectivity index (χ0n) is 10.6. The fraction of sp³-hybridized carbons (Fsp3) is 1.00. The molecule has 0 aromatic heterocycles. The second-order valence-electron chi connectivity index (χ2n) is 6.31. The molecule has 2 aliphatic rings. The van der Waals surface area contributed by atoms with Crippen LogP contribution in [0.1, 0.15) is 46.5 Å². The molecule has 1 atom stereocenters. The molecule has 0 radical (unpaired) electrons. The van der Waals surface area contributed by atoms with E-state index in [9.17, 15) is 0 Å². The predicted molar refractivity (Wildman–Crippen MR) is 65.1 cm³/mol. The molecule has 2 fully saturated rings. The zero-order valence-corrected chi connectivity index (χ0v) is 10.6. The van der Waals surface area contributed by atoms with Crippen molar-refractivity contribution in [3.63, 3.8) is 0 Å². The SMILES string of the molecule is CC(C)(C)C1CN(C2CCCC2)CCN1. The fourth-order valence-corrected chi connectivity index (χ4v) is 2.95. The Bertz CT molecular complexity index is 201. The van der Waals surface area contributed by atoms with E-state index in [2.05, 4.69) is 31.0 Å². The summed E-state index contributed by atoms with van der Waals surface area (Å²) in [7, 11) is 0. The molecule has 0 amide bonds. The summed E-state index contributed by atoms with van der Waals surface area (Å²) < 4.78 is 0. The molecule has 0 aromatic carbocycles. The first-order valence-electron chi connectivity index (χ1n) is 6.55. The molecule has 0 bridgehead atoms. The number of nitrogens with one attached hydrogen (secondary N) is 1. The van der Waals surface area contributed by atoms with Gasteiger partial charge < -0.3 is 5.32 Å².